The number of carbonyl (C=O) groups is 2. The van der Waals surface area contributed by atoms with Crippen LogP contribution in [0.15, 0.2) is 18.2 Å². The minimum atomic E-state index is -1.28. The Morgan fingerprint density at radius 1 is 1.50 bits per heavy atom. The first-order chi connectivity index (χ1) is 9.50. The number of nitrogens with one attached hydrogen (secondary N) is 1. The van der Waals surface area contributed by atoms with Crippen LogP contribution in [0.4, 0.5) is 14.9 Å². The van der Waals surface area contributed by atoms with Gasteiger partial charge in [-0.2, -0.15) is 11.8 Å². The van der Waals surface area contributed by atoms with Crippen LogP contribution in [0.2, 0.25) is 0 Å². The van der Waals surface area contributed by atoms with E-state index in [0.717, 1.165) is 17.6 Å². The third kappa shape index (κ3) is 3.04. The largest absolute Gasteiger partial charge is 0.478 e. The number of hydrogen-bond acceptors (Lipinski definition) is 3. The Morgan fingerprint density at radius 3 is 2.90 bits per heavy atom. The molecule has 1 heterocycles. The number of aromatic carboxylic acids is 1. The fraction of sp³-hybridized carbons (Fsp3) is 0.385. The van der Waals surface area contributed by atoms with Crippen LogP contribution < -0.4 is 5.32 Å². The van der Waals surface area contributed by atoms with Crippen molar-refractivity contribution in [1.82, 2.24) is 4.90 Å². The number of rotatable bonds is 2. The summed E-state index contributed by atoms with van der Waals surface area (Å²) in [7, 11) is 0. The zero-order valence-corrected chi connectivity index (χ0v) is 11.7. The zero-order valence-electron chi connectivity index (χ0n) is 10.9. The Bertz CT molecular complexity index is 538. The molecule has 0 saturated carbocycles. The highest BCUT2D eigenvalue weighted by atomic mass is 32.2. The molecule has 1 saturated heterocycles. The molecule has 1 unspecified atom stereocenters. The minimum absolute atomic E-state index is 0.0359. The first kappa shape index (κ1) is 14.6. The maximum absolute atomic E-state index is 13.7. The molecule has 0 spiro atoms. The lowest BCUT2D eigenvalue weighted by molar-refractivity contribution is 0.0697. The van der Waals surface area contributed by atoms with Gasteiger partial charge >= 0.3 is 12.0 Å². The molecule has 1 aromatic carbocycles. The third-order valence-electron chi connectivity index (χ3n) is 3.10. The number of para-hydroxylation sites is 1. The van der Waals surface area contributed by atoms with E-state index in [1.54, 1.807) is 16.7 Å². The van der Waals surface area contributed by atoms with Crippen molar-refractivity contribution in [3.63, 3.8) is 0 Å². The van der Waals surface area contributed by atoms with E-state index in [1.807, 2.05) is 6.92 Å². The number of thioether (sulfide) groups is 1. The van der Waals surface area contributed by atoms with Gasteiger partial charge in [0.05, 0.1) is 11.3 Å². The number of hydrogen-bond donors (Lipinski definition) is 2. The monoisotopic (exact) mass is 298 g/mol. The standard InChI is InChI=1S/C13H15FN2O3S/c1-8-7-20-6-5-16(8)13(19)15-11-9(12(17)18)3-2-4-10(11)14/h2-4,8H,5-7H2,1H3,(H,15,19)(H,17,18). The maximum Gasteiger partial charge on any atom is 0.337 e. The van der Waals surface area contributed by atoms with Crippen LogP contribution >= 0.6 is 11.8 Å². The number of carboxylic acid groups (broad SMARTS) is 1. The molecular formula is C13H15FN2O3S. The SMILES string of the molecule is CC1CSCCN1C(=O)Nc1c(F)cccc1C(=O)O. The quantitative estimate of drug-likeness (QED) is 0.880. The van der Waals surface area contributed by atoms with Gasteiger partial charge in [-0.25, -0.2) is 14.0 Å². The van der Waals surface area contributed by atoms with Crippen molar-refractivity contribution < 1.29 is 19.1 Å². The van der Waals surface area contributed by atoms with Crippen LogP contribution in [0.3, 0.4) is 0 Å². The number of anilines is 1. The number of amides is 2. The van der Waals surface area contributed by atoms with Crippen molar-refractivity contribution >= 4 is 29.4 Å². The molecule has 5 nitrogen and oxygen atoms in total. The number of carbonyl (C=O) groups excluding carboxylic acids is 1. The second-order valence-electron chi connectivity index (χ2n) is 4.52. The van der Waals surface area contributed by atoms with Crippen LogP contribution in [0.1, 0.15) is 17.3 Å². The van der Waals surface area contributed by atoms with E-state index < -0.39 is 17.8 Å². The van der Waals surface area contributed by atoms with Gasteiger partial charge in [-0.3, -0.25) is 0 Å². The Labute approximate surface area is 120 Å². The first-order valence-electron chi connectivity index (χ1n) is 6.18. The summed E-state index contributed by atoms with van der Waals surface area (Å²) in [6.45, 7) is 2.47. The van der Waals surface area contributed by atoms with Crippen LogP contribution in [0, 0.1) is 5.82 Å². The summed E-state index contributed by atoms with van der Waals surface area (Å²) < 4.78 is 13.7. The summed E-state index contributed by atoms with van der Waals surface area (Å²) in [6, 6.07) is 3.25. The summed E-state index contributed by atoms with van der Waals surface area (Å²) in [6.07, 6.45) is 0. The molecule has 0 bridgehead atoms. The van der Waals surface area contributed by atoms with Crippen LogP contribution in [0.5, 0.6) is 0 Å². The molecule has 1 aromatic rings. The number of halogens is 1. The van der Waals surface area contributed by atoms with E-state index in [-0.39, 0.29) is 17.3 Å². The predicted molar refractivity (Wildman–Crippen MR) is 75.9 cm³/mol. The predicted octanol–water partition coefficient (Wildman–Crippen LogP) is 2.49. The van der Waals surface area contributed by atoms with Crippen LogP contribution in [-0.2, 0) is 0 Å². The Morgan fingerprint density at radius 2 is 2.25 bits per heavy atom. The van der Waals surface area contributed by atoms with E-state index in [0.29, 0.717) is 6.54 Å². The summed E-state index contributed by atoms with van der Waals surface area (Å²) in [5.74, 6) is -0.392. The number of carboxylic acids is 1. The highest BCUT2D eigenvalue weighted by molar-refractivity contribution is 7.99. The average Bonchev–Trinajstić information content (AvgIpc) is 2.41. The van der Waals surface area contributed by atoms with E-state index in [1.165, 1.54) is 12.1 Å². The van der Waals surface area contributed by atoms with Crippen molar-refractivity contribution in [2.75, 3.05) is 23.4 Å². The van der Waals surface area contributed by atoms with Gasteiger partial charge in [-0.1, -0.05) is 6.07 Å². The van der Waals surface area contributed by atoms with Gasteiger partial charge in [0, 0.05) is 24.1 Å². The summed E-state index contributed by atoms with van der Waals surface area (Å²) in [5, 5.41) is 11.4. The fourth-order valence-corrected chi connectivity index (χ4v) is 3.05. The molecule has 2 rings (SSSR count). The van der Waals surface area contributed by atoms with Gasteiger partial charge in [0.15, 0.2) is 0 Å². The minimum Gasteiger partial charge on any atom is -0.478 e. The Balaban J connectivity index is 2.21. The van der Waals surface area contributed by atoms with Gasteiger partial charge in [0.25, 0.3) is 0 Å². The zero-order chi connectivity index (χ0) is 14.7. The number of urea groups is 1. The molecular weight excluding hydrogens is 283 g/mol. The van der Waals surface area contributed by atoms with Crippen LogP contribution in [0.25, 0.3) is 0 Å². The third-order valence-corrected chi connectivity index (χ3v) is 4.29. The van der Waals surface area contributed by atoms with Gasteiger partial charge in [-0.05, 0) is 19.1 Å². The molecule has 20 heavy (non-hydrogen) atoms. The molecule has 0 aromatic heterocycles. The maximum atomic E-state index is 13.7. The molecule has 0 aliphatic carbocycles. The van der Waals surface area contributed by atoms with Gasteiger partial charge < -0.3 is 15.3 Å². The smallest absolute Gasteiger partial charge is 0.337 e. The average molecular weight is 298 g/mol. The molecule has 1 aliphatic rings. The molecule has 108 valence electrons. The van der Waals surface area contributed by atoms with Crippen molar-refractivity contribution in [2.24, 2.45) is 0 Å². The highest BCUT2D eigenvalue weighted by Gasteiger charge is 2.25. The molecule has 0 radical (unpaired) electrons. The Hall–Kier alpha value is -1.76. The first-order valence-corrected chi connectivity index (χ1v) is 7.33. The number of benzene rings is 1. The van der Waals surface area contributed by atoms with Gasteiger partial charge in [0.1, 0.15) is 5.82 Å². The summed E-state index contributed by atoms with van der Waals surface area (Å²) in [5.41, 5.74) is -0.534. The lowest BCUT2D eigenvalue weighted by atomic mass is 10.1. The normalized spacial score (nSPS) is 18.7. The molecule has 2 N–H and O–H groups in total. The number of nitrogens with zero attached hydrogens (tertiary/aromatic N) is 1. The van der Waals surface area contributed by atoms with E-state index in [4.69, 9.17) is 5.11 Å². The van der Waals surface area contributed by atoms with E-state index in [2.05, 4.69) is 5.32 Å². The van der Waals surface area contributed by atoms with Crippen LogP contribution in [-0.4, -0.2) is 46.1 Å². The lowest BCUT2D eigenvalue weighted by Gasteiger charge is -2.33. The van der Waals surface area contributed by atoms with E-state index >= 15 is 0 Å². The molecule has 7 heteroatoms. The van der Waals surface area contributed by atoms with Crippen molar-refractivity contribution in [3.8, 4) is 0 Å². The summed E-state index contributed by atoms with van der Waals surface area (Å²) >= 11 is 1.75. The lowest BCUT2D eigenvalue weighted by Crippen LogP contribution is -2.46. The molecule has 1 aliphatic heterocycles. The topological polar surface area (TPSA) is 69.6 Å². The fourth-order valence-electron chi connectivity index (χ4n) is 2.04. The second kappa shape index (κ2) is 6.13. The molecule has 1 fully saturated rings. The molecule has 1 atom stereocenters. The van der Waals surface area contributed by atoms with E-state index in [9.17, 15) is 14.0 Å². The second-order valence-corrected chi connectivity index (χ2v) is 5.66. The van der Waals surface area contributed by atoms with Gasteiger partial charge in [-0.15, -0.1) is 0 Å². The van der Waals surface area contributed by atoms with Crippen molar-refractivity contribution in [1.29, 1.82) is 0 Å². The summed E-state index contributed by atoms with van der Waals surface area (Å²) in [4.78, 5) is 24.8. The highest BCUT2D eigenvalue weighted by Crippen LogP contribution is 2.22. The Kier molecular flexibility index (Phi) is 4.49. The van der Waals surface area contributed by atoms with Gasteiger partial charge in [0.2, 0.25) is 0 Å². The molecule has 2 amide bonds. The van der Waals surface area contributed by atoms with Crippen molar-refractivity contribution in [2.45, 2.75) is 13.0 Å². The van der Waals surface area contributed by atoms with Crippen molar-refractivity contribution in [3.05, 3.63) is 29.6 Å².